The number of aryl methyl sites for hydroxylation is 2. The van der Waals surface area contributed by atoms with E-state index in [2.05, 4.69) is 35.4 Å². The number of hydrogen-bond acceptors (Lipinski definition) is 8. The third kappa shape index (κ3) is 3.23. The Morgan fingerprint density at radius 2 is 2.00 bits per heavy atom. The highest BCUT2D eigenvalue weighted by Gasteiger charge is 2.33. The fourth-order valence-electron chi connectivity index (χ4n) is 3.44. The summed E-state index contributed by atoms with van der Waals surface area (Å²) in [5.74, 6) is 1.50. The largest absolute Gasteiger partial charge is 0.355 e. The Balaban J connectivity index is 1.20. The number of fused-ring (bicyclic) bond motifs is 1. The Bertz CT molecular complexity index is 1190. The molecule has 4 aromatic rings. The van der Waals surface area contributed by atoms with Crippen LogP contribution >= 0.6 is 11.3 Å². The molecule has 1 N–H and O–H groups in total. The average Bonchev–Trinajstić information content (AvgIpc) is 3.35. The Kier molecular flexibility index (Phi) is 4.23. The van der Waals surface area contributed by atoms with Crippen molar-refractivity contribution in [3.63, 3.8) is 0 Å². The van der Waals surface area contributed by atoms with E-state index in [-0.39, 0.29) is 11.8 Å². The van der Waals surface area contributed by atoms with E-state index < -0.39 is 0 Å². The van der Waals surface area contributed by atoms with Crippen molar-refractivity contribution in [2.45, 2.75) is 20.4 Å². The van der Waals surface area contributed by atoms with E-state index >= 15 is 0 Å². The smallest absolute Gasteiger partial charge is 0.227 e. The van der Waals surface area contributed by atoms with E-state index in [1.165, 1.54) is 24.0 Å². The number of nitrogens with one attached hydrogen (secondary N) is 1. The maximum atomic E-state index is 12.5. The molecule has 0 bridgehead atoms. The number of carbonyl (C=O) groups excluding carboxylic acids is 1. The zero-order valence-corrected chi connectivity index (χ0v) is 16.8. The second-order valence-corrected chi connectivity index (χ2v) is 7.91. The Hall–Kier alpha value is -3.34. The number of rotatable bonds is 5. The van der Waals surface area contributed by atoms with Gasteiger partial charge in [0, 0.05) is 30.2 Å². The molecule has 5 heterocycles. The number of thiazole rings is 1. The molecule has 29 heavy (non-hydrogen) atoms. The maximum absolute atomic E-state index is 12.5. The first-order valence-corrected chi connectivity index (χ1v) is 10.1. The minimum absolute atomic E-state index is 0.0357. The lowest BCUT2D eigenvalue weighted by Gasteiger charge is -2.39. The van der Waals surface area contributed by atoms with Crippen LogP contribution in [0, 0.1) is 19.8 Å². The SMILES string of the molecule is Cc1cc(C)n(-c2cc(N3CC(C(=O)NCc4csc5ncnn45)C3)ncn2)n1. The maximum Gasteiger partial charge on any atom is 0.227 e. The summed E-state index contributed by atoms with van der Waals surface area (Å²) in [5, 5.41) is 13.6. The molecule has 0 atom stereocenters. The number of carbonyl (C=O) groups is 1. The first-order chi connectivity index (χ1) is 14.1. The van der Waals surface area contributed by atoms with Gasteiger partial charge in [-0.05, 0) is 19.9 Å². The third-order valence-corrected chi connectivity index (χ3v) is 5.85. The summed E-state index contributed by atoms with van der Waals surface area (Å²) in [6, 6.07) is 3.91. The van der Waals surface area contributed by atoms with Crippen LogP contribution in [0.25, 0.3) is 10.8 Å². The van der Waals surface area contributed by atoms with E-state index in [0.29, 0.717) is 19.6 Å². The van der Waals surface area contributed by atoms with Crippen LogP contribution in [0.5, 0.6) is 0 Å². The van der Waals surface area contributed by atoms with Crippen LogP contribution in [0.2, 0.25) is 0 Å². The van der Waals surface area contributed by atoms with E-state index in [4.69, 9.17) is 0 Å². The molecule has 0 saturated carbocycles. The molecule has 0 aromatic carbocycles. The zero-order chi connectivity index (χ0) is 20.0. The highest BCUT2D eigenvalue weighted by atomic mass is 32.1. The van der Waals surface area contributed by atoms with Gasteiger partial charge in [0.15, 0.2) is 5.82 Å². The van der Waals surface area contributed by atoms with Crippen molar-refractivity contribution in [3.05, 3.63) is 47.2 Å². The molecule has 4 aromatic heterocycles. The number of anilines is 1. The summed E-state index contributed by atoms with van der Waals surface area (Å²) in [5.41, 5.74) is 2.89. The van der Waals surface area contributed by atoms with Gasteiger partial charge in [-0.2, -0.15) is 10.2 Å². The molecule has 1 aliphatic heterocycles. The van der Waals surface area contributed by atoms with Crippen LogP contribution in [0.1, 0.15) is 17.1 Å². The number of hydrogen-bond donors (Lipinski definition) is 1. The number of aromatic nitrogens is 7. The fraction of sp³-hybridized carbons (Fsp3) is 0.333. The van der Waals surface area contributed by atoms with Crippen LogP contribution in [0.3, 0.4) is 0 Å². The van der Waals surface area contributed by atoms with Gasteiger partial charge in [0.1, 0.15) is 18.5 Å². The first-order valence-electron chi connectivity index (χ1n) is 9.23. The molecular formula is C18H19N9OS. The lowest BCUT2D eigenvalue weighted by atomic mass is 9.99. The zero-order valence-electron chi connectivity index (χ0n) is 16.0. The molecule has 1 saturated heterocycles. The van der Waals surface area contributed by atoms with Crippen LogP contribution < -0.4 is 10.2 Å². The van der Waals surface area contributed by atoms with Gasteiger partial charge in [-0.15, -0.1) is 11.3 Å². The average molecular weight is 409 g/mol. The quantitative estimate of drug-likeness (QED) is 0.527. The van der Waals surface area contributed by atoms with Gasteiger partial charge in [0.05, 0.1) is 23.9 Å². The third-order valence-electron chi connectivity index (χ3n) is 4.97. The molecule has 1 fully saturated rings. The second kappa shape index (κ2) is 6.92. The molecule has 11 heteroatoms. The lowest BCUT2D eigenvalue weighted by Crippen LogP contribution is -2.54. The molecular weight excluding hydrogens is 390 g/mol. The van der Waals surface area contributed by atoms with Crippen LogP contribution in [-0.2, 0) is 11.3 Å². The van der Waals surface area contributed by atoms with Crippen LogP contribution in [0.15, 0.2) is 30.2 Å². The van der Waals surface area contributed by atoms with Gasteiger partial charge >= 0.3 is 0 Å². The van der Waals surface area contributed by atoms with Crippen molar-refractivity contribution in [2.75, 3.05) is 18.0 Å². The molecule has 1 amide bonds. The normalized spacial score (nSPS) is 14.3. The van der Waals surface area contributed by atoms with Crippen molar-refractivity contribution in [2.24, 2.45) is 5.92 Å². The monoisotopic (exact) mass is 409 g/mol. The summed E-state index contributed by atoms with van der Waals surface area (Å²) < 4.78 is 3.55. The summed E-state index contributed by atoms with van der Waals surface area (Å²) in [6.45, 7) is 5.64. The van der Waals surface area contributed by atoms with Gasteiger partial charge in [0.25, 0.3) is 0 Å². The van der Waals surface area contributed by atoms with Crippen molar-refractivity contribution < 1.29 is 4.79 Å². The lowest BCUT2D eigenvalue weighted by molar-refractivity contribution is -0.125. The van der Waals surface area contributed by atoms with Gasteiger partial charge in [-0.25, -0.2) is 24.1 Å². The number of amides is 1. The fourth-order valence-corrected chi connectivity index (χ4v) is 4.23. The van der Waals surface area contributed by atoms with Crippen LogP contribution in [0.4, 0.5) is 5.82 Å². The molecule has 1 aliphatic rings. The summed E-state index contributed by atoms with van der Waals surface area (Å²) >= 11 is 1.51. The highest BCUT2D eigenvalue weighted by Crippen LogP contribution is 2.24. The minimum Gasteiger partial charge on any atom is -0.355 e. The van der Waals surface area contributed by atoms with Crippen molar-refractivity contribution in [3.8, 4) is 5.82 Å². The van der Waals surface area contributed by atoms with E-state index in [9.17, 15) is 4.79 Å². The molecule has 0 spiro atoms. The van der Waals surface area contributed by atoms with E-state index in [1.54, 1.807) is 9.20 Å². The second-order valence-electron chi connectivity index (χ2n) is 7.07. The predicted octanol–water partition coefficient (Wildman–Crippen LogP) is 1.14. The first kappa shape index (κ1) is 17.7. The minimum atomic E-state index is -0.0630. The Labute approximate surface area is 170 Å². The standard InChI is InChI=1S/C18H19N9OS/c1-11-3-12(2)26(24-11)16-4-15(20-9-21-16)25-6-13(7-25)17(28)19-5-14-8-29-18-22-10-23-27(14)18/h3-4,8-10,13H,5-7H2,1-2H3,(H,19,28). The van der Waals surface area contributed by atoms with Crippen LogP contribution in [-0.4, -0.2) is 53.3 Å². The molecule has 0 unspecified atom stereocenters. The summed E-state index contributed by atoms with van der Waals surface area (Å²) in [6.07, 6.45) is 3.05. The topological polar surface area (TPSA) is 106 Å². The molecule has 5 rings (SSSR count). The summed E-state index contributed by atoms with van der Waals surface area (Å²) in [4.78, 5) is 28.2. The van der Waals surface area contributed by atoms with E-state index in [0.717, 1.165) is 33.7 Å². The molecule has 0 aliphatic carbocycles. The van der Waals surface area contributed by atoms with Crippen molar-refractivity contribution in [1.29, 1.82) is 0 Å². The van der Waals surface area contributed by atoms with Gasteiger partial charge < -0.3 is 10.2 Å². The van der Waals surface area contributed by atoms with Gasteiger partial charge in [-0.3, -0.25) is 4.79 Å². The Morgan fingerprint density at radius 3 is 2.79 bits per heavy atom. The van der Waals surface area contributed by atoms with Gasteiger partial charge in [-0.1, -0.05) is 0 Å². The molecule has 0 radical (unpaired) electrons. The van der Waals surface area contributed by atoms with Crippen molar-refractivity contribution in [1.82, 2.24) is 39.7 Å². The van der Waals surface area contributed by atoms with E-state index in [1.807, 2.05) is 31.4 Å². The van der Waals surface area contributed by atoms with Gasteiger partial charge in [0.2, 0.25) is 10.9 Å². The predicted molar refractivity (Wildman–Crippen MR) is 107 cm³/mol. The highest BCUT2D eigenvalue weighted by molar-refractivity contribution is 7.15. The summed E-state index contributed by atoms with van der Waals surface area (Å²) in [7, 11) is 0. The Morgan fingerprint density at radius 1 is 1.17 bits per heavy atom. The molecule has 10 nitrogen and oxygen atoms in total. The molecule has 148 valence electrons. The van der Waals surface area contributed by atoms with Crippen molar-refractivity contribution >= 4 is 28.0 Å². The number of nitrogens with zero attached hydrogens (tertiary/aromatic N) is 8.